The average molecular weight is 236 g/mol. The Hall–Kier alpha value is -0.120. The first-order valence-corrected chi connectivity index (χ1v) is 4.59. The SMILES string of the molecule is OC(CBr)c1ccncc1Cl. The number of hydrogen-bond acceptors (Lipinski definition) is 2. The molecule has 1 heterocycles. The van der Waals surface area contributed by atoms with Crippen molar-refractivity contribution in [3.63, 3.8) is 0 Å². The first-order valence-electron chi connectivity index (χ1n) is 3.09. The highest BCUT2D eigenvalue weighted by atomic mass is 79.9. The molecule has 0 aliphatic carbocycles. The zero-order chi connectivity index (χ0) is 8.27. The summed E-state index contributed by atoms with van der Waals surface area (Å²) in [6.45, 7) is 0. The van der Waals surface area contributed by atoms with Crippen molar-refractivity contribution in [2.45, 2.75) is 6.10 Å². The van der Waals surface area contributed by atoms with Crippen LogP contribution in [0, 0.1) is 0 Å². The molecular weight excluding hydrogens is 229 g/mol. The lowest BCUT2D eigenvalue weighted by molar-refractivity contribution is 0.205. The van der Waals surface area contributed by atoms with Crippen LogP contribution in [0.2, 0.25) is 5.02 Å². The van der Waals surface area contributed by atoms with E-state index >= 15 is 0 Å². The van der Waals surface area contributed by atoms with Gasteiger partial charge in [0.25, 0.3) is 0 Å². The summed E-state index contributed by atoms with van der Waals surface area (Å²) in [6.07, 6.45) is 2.57. The smallest absolute Gasteiger partial charge is 0.0902 e. The number of rotatable bonds is 2. The molecule has 1 rings (SSSR count). The van der Waals surface area contributed by atoms with E-state index in [9.17, 15) is 5.11 Å². The Morgan fingerprint density at radius 3 is 3.00 bits per heavy atom. The third-order valence-electron chi connectivity index (χ3n) is 1.31. The molecule has 1 aromatic rings. The van der Waals surface area contributed by atoms with Crippen molar-refractivity contribution >= 4 is 27.5 Å². The highest BCUT2D eigenvalue weighted by Crippen LogP contribution is 2.22. The Bertz CT molecular complexity index is 244. The minimum atomic E-state index is -0.550. The lowest BCUT2D eigenvalue weighted by atomic mass is 10.2. The summed E-state index contributed by atoms with van der Waals surface area (Å²) in [5, 5.41) is 10.3. The molecule has 0 amide bonds. The van der Waals surface area contributed by atoms with Crippen molar-refractivity contribution in [3.8, 4) is 0 Å². The van der Waals surface area contributed by atoms with E-state index in [1.807, 2.05) is 0 Å². The van der Waals surface area contributed by atoms with Crippen LogP contribution >= 0.6 is 27.5 Å². The molecule has 0 aromatic carbocycles. The predicted molar refractivity (Wildman–Crippen MR) is 48.0 cm³/mol. The molecule has 0 spiro atoms. The van der Waals surface area contributed by atoms with Crippen molar-refractivity contribution in [2.75, 3.05) is 5.33 Å². The van der Waals surface area contributed by atoms with Gasteiger partial charge in [0.05, 0.1) is 11.1 Å². The summed E-state index contributed by atoms with van der Waals surface area (Å²) in [5.74, 6) is 0. The zero-order valence-electron chi connectivity index (χ0n) is 5.67. The number of aliphatic hydroxyl groups is 1. The van der Waals surface area contributed by atoms with Crippen LogP contribution < -0.4 is 0 Å². The van der Waals surface area contributed by atoms with Gasteiger partial charge in [0.15, 0.2) is 0 Å². The number of halogens is 2. The van der Waals surface area contributed by atoms with Gasteiger partial charge >= 0.3 is 0 Å². The number of pyridine rings is 1. The standard InChI is InChI=1S/C7H7BrClNO/c8-3-7(11)5-1-2-10-4-6(5)9/h1-2,4,7,11H,3H2. The Kier molecular flexibility index (Phi) is 3.30. The minimum absolute atomic E-state index is 0.483. The van der Waals surface area contributed by atoms with E-state index in [4.69, 9.17) is 11.6 Å². The van der Waals surface area contributed by atoms with E-state index in [0.29, 0.717) is 15.9 Å². The fourth-order valence-electron chi connectivity index (χ4n) is 0.739. The molecule has 0 radical (unpaired) electrons. The van der Waals surface area contributed by atoms with Gasteiger partial charge in [-0.2, -0.15) is 0 Å². The van der Waals surface area contributed by atoms with Gasteiger partial charge in [-0.1, -0.05) is 27.5 Å². The molecule has 1 atom stereocenters. The number of aromatic nitrogens is 1. The van der Waals surface area contributed by atoms with E-state index in [1.165, 1.54) is 6.20 Å². The lowest BCUT2D eigenvalue weighted by Gasteiger charge is -2.07. The third kappa shape index (κ3) is 2.15. The lowest BCUT2D eigenvalue weighted by Crippen LogP contribution is -1.98. The largest absolute Gasteiger partial charge is 0.387 e. The quantitative estimate of drug-likeness (QED) is 0.798. The molecule has 0 saturated carbocycles. The van der Waals surface area contributed by atoms with Gasteiger partial charge in [-0.05, 0) is 6.07 Å². The summed E-state index contributed by atoms with van der Waals surface area (Å²) in [4.78, 5) is 3.80. The van der Waals surface area contributed by atoms with Crippen LogP contribution in [0.5, 0.6) is 0 Å². The number of hydrogen-bond donors (Lipinski definition) is 1. The fourth-order valence-corrected chi connectivity index (χ4v) is 1.33. The second-order valence-corrected chi connectivity index (χ2v) is 3.12. The molecule has 0 saturated heterocycles. The molecule has 1 aromatic heterocycles. The first-order chi connectivity index (χ1) is 5.25. The second-order valence-electron chi connectivity index (χ2n) is 2.07. The second kappa shape index (κ2) is 4.04. The maximum Gasteiger partial charge on any atom is 0.0902 e. The molecule has 0 aliphatic heterocycles. The van der Waals surface area contributed by atoms with E-state index in [2.05, 4.69) is 20.9 Å². The van der Waals surface area contributed by atoms with Crippen molar-refractivity contribution < 1.29 is 5.11 Å². The van der Waals surface area contributed by atoms with Gasteiger partial charge in [-0.15, -0.1) is 0 Å². The third-order valence-corrected chi connectivity index (χ3v) is 2.24. The highest BCUT2D eigenvalue weighted by Gasteiger charge is 2.08. The number of nitrogens with zero attached hydrogens (tertiary/aromatic N) is 1. The van der Waals surface area contributed by atoms with Crippen LogP contribution in [0.15, 0.2) is 18.5 Å². The molecule has 0 bridgehead atoms. The van der Waals surface area contributed by atoms with Crippen molar-refractivity contribution in [1.29, 1.82) is 0 Å². The van der Waals surface area contributed by atoms with Crippen LogP contribution in [0.25, 0.3) is 0 Å². The van der Waals surface area contributed by atoms with Crippen LogP contribution in [-0.4, -0.2) is 15.4 Å². The van der Waals surface area contributed by atoms with Gasteiger partial charge in [-0.25, -0.2) is 0 Å². The molecule has 0 aliphatic rings. The normalized spacial score (nSPS) is 13.0. The summed E-state index contributed by atoms with van der Waals surface area (Å²) < 4.78 is 0. The van der Waals surface area contributed by atoms with Crippen LogP contribution in [-0.2, 0) is 0 Å². The molecule has 1 N–H and O–H groups in total. The van der Waals surface area contributed by atoms with Crippen LogP contribution in [0.1, 0.15) is 11.7 Å². The number of aliphatic hydroxyl groups excluding tert-OH is 1. The van der Waals surface area contributed by atoms with Gasteiger partial charge in [0, 0.05) is 23.3 Å². The maximum atomic E-state index is 9.35. The van der Waals surface area contributed by atoms with E-state index < -0.39 is 6.10 Å². The Labute approximate surface area is 78.3 Å². The van der Waals surface area contributed by atoms with Crippen LogP contribution in [0.3, 0.4) is 0 Å². The molecule has 2 nitrogen and oxygen atoms in total. The summed E-state index contributed by atoms with van der Waals surface area (Å²) >= 11 is 8.91. The topological polar surface area (TPSA) is 33.1 Å². The van der Waals surface area contributed by atoms with E-state index in [0.717, 1.165) is 0 Å². The van der Waals surface area contributed by atoms with Crippen molar-refractivity contribution in [3.05, 3.63) is 29.0 Å². The highest BCUT2D eigenvalue weighted by molar-refractivity contribution is 9.09. The van der Waals surface area contributed by atoms with Crippen LogP contribution in [0.4, 0.5) is 0 Å². The molecule has 11 heavy (non-hydrogen) atoms. The summed E-state index contributed by atoms with van der Waals surface area (Å²) in [5.41, 5.74) is 0.707. The number of alkyl halides is 1. The van der Waals surface area contributed by atoms with E-state index in [-0.39, 0.29) is 0 Å². The fraction of sp³-hybridized carbons (Fsp3) is 0.286. The van der Waals surface area contributed by atoms with Gasteiger partial charge in [0.1, 0.15) is 0 Å². The molecule has 0 fully saturated rings. The van der Waals surface area contributed by atoms with Crippen molar-refractivity contribution in [1.82, 2.24) is 4.98 Å². The van der Waals surface area contributed by atoms with Gasteiger partial charge in [0.2, 0.25) is 0 Å². The monoisotopic (exact) mass is 235 g/mol. The predicted octanol–water partition coefficient (Wildman–Crippen LogP) is 2.16. The first kappa shape index (κ1) is 8.97. The molecule has 1 unspecified atom stereocenters. The Balaban J connectivity index is 2.93. The Morgan fingerprint density at radius 1 is 1.73 bits per heavy atom. The van der Waals surface area contributed by atoms with Gasteiger partial charge in [-0.3, -0.25) is 4.98 Å². The van der Waals surface area contributed by atoms with E-state index in [1.54, 1.807) is 12.3 Å². The van der Waals surface area contributed by atoms with Gasteiger partial charge < -0.3 is 5.11 Å². The zero-order valence-corrected chi connectivity index (χ0v) is 8.01. The molecule has 60 valence electrons. The summed E-state index contributed by atoms with van der Waals surface area (Å²) in [6, 6.07) is 1.70. The minimum Gasteiger partial charge on any atom is -0.387 e. The molecular formula is C7H7BrClNO. The Morgan fingerprint density at radius 2 is 2.45 bits per heavy atom. The summed E-state index contributed by atoms with van der Waals surface area (Å²) in [7, 11) is 0. The molecule has 4 heteroatoms. The average Bonchev–Trinajstić information content (AvgIpc) is 2.04. The van der Waals surface area contributed by atoms with Crippen molar-refractivity contribution in [2.24, 2.45) is 0 Å². The maximum absolute atomic E-state index is 9.35.